The zero-order chi connectivity index (χ0) is 20.9. The van der Waals surface area contributed by atoms with E-state index in [1.807, 2.05) is 19.9 Å². The van der Waals surface area contributed by atoms with Gasteiger partial charge in [0.2, 0.25) is 0 Å². The molecule has 154 valence electrons. The van der Waals surface area contributed by atoms with E-state index in [2.05, 4.69) is 23.6 Å². The highest BCUT2D eigenvalue weighted by Crippen LogP contribution is 2.37. The summed E-state index contributed by atoms with van der Waals surface area (Å²) in [4.78, 5) is 4.68. The van der Waals surface area contributed by atoms with Gasteiger partial charge in [0, 0.05) is 11.6 Å². The molecule has 0 bridgehead atoms. The van der Waals surface area contributed by atoms with Crippen molar-refractivity contribution >= 4 is 0 Å². The van der Waals surface area contributed by atoms with Crippen LogP contribution in [0, 0.1) is 6.92 Å². The second kappa shape index (κ2) is 9.17. The van der Waals surface area contributed by atoms with Gasteiger partial charge in [-0.1, -0.05) is 20.8 Å². The largest absolute Gasteiger partial charge is 0.573 e. The van der Waals surface area contributed by atoms with Gasteiger partial charge in [-0.15, -0.1) is 13.2 Å². The summed E-state index contributed by atoms with van der Waals surface area (Å²) in [7, 11) is 1.40. The molecule has 1 heterocycles. The minimum absolute atomic E-state index is 0.115. The summed E-state index contributed by atoms with van der Waals surface area (Å²) >= 11 is 0. The first-order chi connectivity index (χ1) is 13.2. The van der Waals surface area contributed by atoms with E-state index < -0.39 is 6.36 Å². The molecule has 0 saturated heterocycles. The Bertz CT molecular complexity index is 802. The molecular weight excluding hydrogens is 371 g/mol. The maximum atomic E-state index is 12.5. The van der Waals surface area contributed by atoms with E-state index in [4.69, 9.17) is 9.47 Å². The van der Waals surface area contributed by atoms with Crippen molar-refractivity contribution in [1.29, 1.82) is 0 Å². The molecule has 1 aromatic heterocycles. The summed E-state index contributed by atoms with van der Waals surface area (Å²) < 4.78 is 52.8. The first kappa shape index (κ1) is 21.9. The maximum absolute atomic E-state index is 12.5. The lowest BCUT2D eigenvalue weighted by Crippen LogP contribution is -2.17. The van der Waals surface area contributed by atoms with Gasteiger partial charge in [-0.25, -0.2) is 4.98 Å². The minimum atomic E-state index is -4.76. The Morgan fingerprint density at radius 2 is 1.71 bits per heavy atom. The normalized spacial score (nSPS) is 11.6. The van der Waals surface area contributed by atoms with Crippen molar-refractivity contribution in [3.63, 3.8) is 0 Å². The third-order valence-corrected chi connectivity index (χ3v) is 4.49. The number of ether oxygens (including phenoxy) is 3. The van der Waals surface area contributed by atoms with Crippen LogP contribution in [0.5, 0.6) is 17.2 Å². The topological polar surface area (TPSA) is 40.6 Å². The van der Waals surface area contributed by atoms with Crippen molar-refractivity contribution in [2.45, 2.75) is 59.4 Å². The second-order valence-corrected chi connectivity index (χ2v) is 6.40. The number of methoxy groups -OCH3 is 1. The van der Waals surface area contributed by atoms with Gasteiger partial charge >= 0.3 is 6.36 Å². The van der Waals surface area contributed by atoms with Crippen molar-refractivity contribution in [1.82, 2.24) is 4.98 Å². The summed E-state index contributed by atoms with van der Waals surface area (Å²) in [5.41, 5.74) is 2.91. The quantitative estimate of drug-likeness (QED) is 0.540. The zero-order valence-electron chi connectivity index (χ0n) is 16.8. The fourth-order valence-electron chi connectivity index (χ4n) is 2.95. The lowest BCUT2D eigenvalue weighted by atomic mass is 10.0. The molecule has 0 amide bonds. The predicted molar refractivity (Wildman–Crippen MR) is 102 cm³/mol. The van der Waals surface area contributed by atoms with Crippen molar-refractivity contribution in [2.75, 3.05) is 7.11 Å². The number of rotatable bonds is 8. The third kappa shape index (κ3) is 5.30. The van der Waals surface area contributed by atoms with Gasteiger partial charge in [-0.2, -0.15) is 0 Å². The SMILES string of the molecule is CCc1cc(OC(CC)CC)c(C)nc1-c1ccc(OC(F)(F)F)cc1OC. The number of pyridine rings is 1. The van der Waals surface area contributed by atoms with E-state index >= 15 is 0 Å². The molecule has 2 aromatic rings. The minimum Gasteiger partial charge on any atom is -0.496 e. The van der Waals surface area contributed by atoms with Crippen molar-refractivity contribution in [2.24, 2.45) is 0 Å². The molecule has 28 heavy (non-hydrogen) atoms. The summed E-state index contributed by atoms with van der Waals surface area (Å²) in [6.07, 6.45) is -2.17. The summed E-state index contributed by atoms with van der Waals surface area (Å²) in [5.74, 6) is 0.652. The Labute approximate surface area is 163 Å². The smallest absolute Gasteiger partial charge is 0.496 e. The van der Waals surface area contributed by atoms with Crippen LogP contribution < -0.4 is 14.2 Å². The molecule has 0 atom stereocenters. The van der Waals surface area contributed by atoms with Crippen molar-refractivity contribution in [3.05, 3.63) is 35.5 Å². The Kier molecular flexibility index (Phi) is 7.16. The molecule has 0 aliphatic heterocycles. The van der Waals surface area contributed by atoms with Gasteiger partial charge in [0.15, 0.2) is 0 Å². The predicted octanol–water partition coefficient (Wildman–Crippen LogP) is 6.09. The molecule has 1 aromatic carbocycles. The van der Waals surface area contributed by atoms with Crippen molar-refractivity contribution < 1.29 is 27.4 Å². The first-order valence-electron chi connectivity index (χ1n) is 9.33. The van der Waals surface area contributed by atoms with Crippen LogP contribution in [0.3, 0.4) is 0 Å². The molecule has 0 spiro atoms. The van der Waals surface area contributed by atoms with Gasteiger partial charge < -0.3 is 14.2 Å². The molecule has 4 nitrogen and oxygen atoms in total. The van der Waals surface area contributed by atoms with Crippen molar-refractivity contribution in [3.8, 4) is 28.5 Å². The number of alkyl halides is 3. The summed E-state index contributed by atoms with van der Waals surface area (Å²) in [6, 6.07) is 5.96. The standard InChI is InChI=1S/C21H26F3NO3/c1-6-14-11-18(27-15(7-2)8-3)13(4)25-20(14)17-10-9-16(12-19(17)26-5)28-21(22,23)24/h9-12,15H,6-8H2,1-5H3. The number of aromatic nitrogens is 1. The molecule has 2 rings (SSSR count). The van der Waals surface area contributed by atoms with Crippen LogP contribution in [0.4, 0.5) is 13.2 Å². The maximum Gasteiger partial charge on any atom is 0.573 e. The fraction of sp³-hybridized carbons (Fsp3) is 0.476. The molecule has 0 radical (unpaired) electrons. The number of aryl methyl sites for hydroxylation is 2. The Morgan fingerprint density at radius 3 is 2.25 bits per heavy atom. The van der Waals surface area contributed by atoms with Gasteiger partial charge in [0.05, 0.1) is 24.6 Å². The Hall–Kier alpha value is -2.44. The van der Waals surface area contributed by atoms with Gasteiger partial charge in [-0.3, -0.25) is 0 Å². The number of halogens is 3. The molecule has 0 N–H and O–H groups in total. The number of hydrogen-bond acceptors (Lipinski definition) is 4. The lowest BCUT2D eigenvalue weighted by Gasteiger charge is -2.20. The molecule has 0 saturated carbocycles. The van der Waals surface area contributed by atoms with E-state index in [1.165, 1.54) is 25.3 Å². The monoisotopic (exact) mass is 397 g/mol. The first-order valence-corrected chi connectivity index (χ1v) is 9.33. The highest BCUT2D eigenvalue weighted by molar-refractivity contribution is 5.72. The molecular formula is C21H26F3NO3. The van der Waals surface area contributed by atoms with Crippen LogP contribution in [0.2, 0.25) is 0 Å². The highest BCUT2D eigenvalue weighted by atomic mass is 19.4. The van der Waals surface area contributed by atoms with Crippen LogP contribution in [-0.4, -0.2) is 24.6 Å². The number of benzene rings is 1. The lowest BCUT2D eigenvalue weighted by molar-refractivity contribution is -0.274. The summed E-state index contributed by atoms with van der Waals surface area (Å²) in [6.45, 7) is 7.99. The number of hydrogen-bond donors (Lipinski definition) is 0. The molecule has 0 aliphatic rings. The van der Waals surface area contributed by atoms with Crippen LogP contribution in [0.1, 0.15) is 44.9 Å². The van der Waals surface area contributed by atoms with E-state index in [1.54, 1.807) is 0 Å². The fourth-order valence-corrected chi connectivity index (χ4v) is 2.95. The molecule has 0 unspecified atom stereocenters. The number of nitrogens with zero attached hydrogens (tertiary/aromatic N) is 1. The van der Waals surface area contributed by atoms with Crippen LogP contribution in [0.25, 0.3) is 11.3 Å². The highest BCUT2D eigenvalue weighted by Gasteiger charge is 2.31. The van der Waals surface area contributed by atoms with Crippen LogP contribution in [-0.2, 0) is 6.42 Å². The molecule has 0 fully saturated rings. The van der Waals surface area contributed by atoms with Crippen LogP contribution in [0.15, 0.2) is 24.3 Å². The van der Waals surface area contributed by atoms with E-state index in [9.17, 15) is 13.2 Å². The van der Waals surface area contributed by atoms with E-state index in [0.29, 0.717) is 17.7 Å². The average Bonchev–Trinajstić information content (AvgIpc) is 2.65. The Balaban J connectivity index is 2.47. The van der Waals surface area contributed by atoms with Gasteiger partial charge in [-0.05, 0) is 49.9 Å². The van der Waals surface area contributed by atoms with E-state index in [-0.39, 0.29) is 17.6 Å². The summed E-state index contributed by atoms with van der Waals surface area (Å²) in [5, 5.41) is 0. The average molecular weight is 397 g/mol. The Morgan fingerprint density at radius 1 is 1.04 bits per heavy atom. The third-order valence-electron chi connectivity index (χ3n) is 4.49. The molecule has 0 aliphatic carbocycles. The zero-order valence-corrected chi connectivity index (χ0v) is 16.8. The van der Waals surface area contributed by atoms with Gasteiger partial charge in [0.25, 0.3) is 0 Å². The van der Waals surface area contributed by atoms with E-state index in [0.717, 1.165) is 29.8 Å². The van der Waals surface area contributed by atoms with Crippen LogP contribution >= 0.6 is 0 Å². The molecule has 7 heteroatoms. The van der Waals surface area contributed by atoms with Gasteiger partial charge in [0.1, 0.15) is 17.2 Å². The second-order valence-electron chi connectivity index (χ2n) is 6.40.